The smallest absolute Gasteiger partial charge is 0.265 e. The maximum absolute atomic E-state index is 12.8. The molecular formula is C33H28N2O6S. The van der Waals surface area contributed by atoms with Gasteiger partial charge in [-0.15, -0.1) is 0 Å². The summed E-state index contributed by atoms with van der Waals surface area (Å²) in [7, 11) is -4.00. The van der Waals surface area contributed by atoms with Crippen molar-refractivity contribution in [3.05, 3.63) is 132 Å². The second kappa shape index (κ2) is 11.6. The monoisotopic (exact) mass is 580 g/mol. The molecule has 0 fully saturated rings. The number of hydrogen-bond acceptors (Lipinski definition) is 7. The van der Waals surface area contributed by atoms with Gasteiger partial charge in [0.15, 0.2) is 0 Å². The second-order valence-corrected chi connectivity index (χ2v) is 11.8. The van der Waals surface area contributed by atoms with Crippen LogP contribution in [0, 0.1) is 5.92 Å². The van der Waals surface area contributed by atoms with E-state index in [-0.39, 0.29) is 29.6 Å². The third-order valence-electron chi connectivity index (χ3n) is 7.21. The van der Waals surface area contributed by atoms with E-state index in [4.69, 9.17) is 9.47 Å². The number of hydrogen-bond donors (Lipinski definition) is 2. The van der Waals surface area contributed by atoms with Gasteiger partial charge in [-0.3, -0.25) is 4.79 Å². The number of para-hydroxylation sites is 1. The summed E-state index contributed by atoms with van der Waals surface area (Å²) in [5.41, 5.74) is 3.29. The van der Waals surface area contributed by atoms with Crippen LogP contribution in [-0.2, 0) is 23.1 Å². The van der Waals surface area contributed by atoms with E-state index in [0.29, 0.717) is 23.5 Å². The molecular weight excluding hydrogens is 552 g/mol. The number of carbonyl (C=O) groups excluding carboxylic acids is 1. The molecule has 9 heteroatoms. The molecule has 2 atom stereocenters. The molecule has 1 aliphatic heterocycles. The van der Waals surface area contributed by atoms with Gasteiger partial charge in [0.25, 0.3) is 15.9 Å². The Morgan fingerprint density at radius 3 is 2.60 bits per heavy atom. The first kappa shape index (κ1) is 27.4. The molecule has 0 saturated carbocycles. The molecule has 5 aromatic rings. The zero-order chi connectivity index (χ0) is 29.1. The zero-order valence-electron chi connectivity index (χ0n) is 22.5. The molecule has 0 radical (unpaired) electrons. The van der Waals surface area contributed by atoms with E-state index in [1.165, 1.54) is 12.1 Å². The number of sulfonamides is 1. The van der Waals surface area contributed by atoms with Crippen LogP contribution in [0.3, 0.4) is 0 Å². The summed E-state index contributed by atoms with van der Waals surface area (Å²) in [6.07, 6.45) is -0.411. The predicted molar refractivity (Wildman–Crippen MR) is 158 cm³/mol. The maximum atomic E-state index is 12.8. The third kappa shape index (κ3) is 5.97. The number of benzene rings is 4. The number of pyridine rings is 1. The van der Waals surface area contributed by atoms with E-state index < -0.39 is 22.0 Å². The maximum Gasteiger partial charge on any atom is 0.265 e. The Morgan fingerprint density at radius 1 is 0.929 bits per heavy atom. The number of nitrogens with zero attached hydrogens (tertiary/aromatic N) is 1. The number of aliphatic hydroxyl groups excluding tert-OH is 1. The number of aliphatic hydroxyl groups is 1. The van der Waals surface area contributed by atoms with Gasteiger partial charge in [0.05, 0.1) is 28.8 Å². The van der Waals surface area contributed by atoms with Crippen LogP contribution in [0.15, 0.2) is 114 Å². The number of nitrogens with one attached hydrogen (secondary N) is 1. The summed E-state index contributed by atoms with van der Waals surface area (Å²) in [6.45, 7) is 0.563. The molecule has 6 rings (SSSR count). The van der Waals surface area contributed by atoms with Crippen molar-refractivity contribution in [3.8, 4) is 11.5 Å². The lowest BCUT2D eigenvalue weighted by Crippen LogP contribution is -2.31. The highest BCUT2D eigenvalue weighted by Crippen LogP contribution is 2.39. The molecule has 0 bridgehead atoms. The number of amides is 1. The molecule has 2 unspecified atom stereocenters. The topological polar surface area (TPSA) is 115 Å². The molecule has 0 saturated heterocycles. The van der Waals surface area contributed by atoms with Gasteiger partial charge in [0.2, 0.25) is 0 Å². The van der Waals surface area contributed by atoms with Crippen LogP contribution in [0.1, 0.15) is 33.3 Å². The van der Waals surface area contributed by atoms with E-state index in [1.54, 1.807) is 54.6 Å². The van der Waals surface area contributed by atoms with Gasteiger partial charge >= 0.3 is 0 Å². The fourth-order valence-corrected chi connectivity index (χ4v) is 6.01. The first-order valence-electron chi connectivity index (χ1n) is 13.5. The van der Waals surface area contributed by atoms with Crippen LogP contribution in [-0.4, -0.2) is 31.0 Å². The SMILES string of the molecule is O=C(NS(=O)(=O)c1ccccc1)c1cccc(CC2COc3ccc(OCc4ccc5ccccc5n4)cc3C2O)c1. The highest BCUT2D eigenvalue weighted by molar-refractivity contribution is 7.90. The molecule has 212 valence electrons. The van der Waals surface area contributed by atoms with Crippen molar-refractivity contribution in [1.82, 2.24) is 9.71 Å². The van der Waals surface area contributed by atoms with E-state index >= 15 is 0 Å². The fraction of sp³-hybridized carbons (Fsp3) is 0.152. The first-order chi connectivity index (χ1) is 20.4. The Morgan fingerprint density at radius 2 is 1.74 bits per heavy atom. The van der Waals surface area contributed by atoms with Gasteiger partial charge in [-0.05, 0) is 66.6 Å². The Balaban J connectivity index is 1.12. The number of aromatic nitrogens is 1. The Hall–Kier alpha value is -4.73. The Bertz CT molecular complexity index is 1860. The molecule has 8 nitrogen and oxygen atoms in total. The van der Waals surface area contributed by atoms with Gasteiger partial charge in [0, 0.05) is 22.4 Å². The third-order valence-corrected chi connectivity index (χ3v) is 8.56. The minimum atomic E-state index is -4.00. The van der Waals surface area contributed by atoms with Crippen LogP contribution in [0.2, 0.25) is 0 Å². The first-order valence-corrected chi connectivity index (χ1v) is 15.0. The van der Waals surface area contributed by atoms with Gasteiger partial charge in [-0.1, -0.05) is 54.6 Å². The molecule has 42 heavy (non-hydrogen) atoms. The molecule has 0 aliphatic carbocycles. The van der Waals surface area contributed by atoms with Gasteiger partial charge in [-0.2, -0.15) is 0 Å². The highest BCUT2D eigenvalue weighted by atomic mass is 32.2. The second-order valence-electron chi connectivity index (χ2n) is 10.2. The minimum absolute atomic E-state index is 0.00696. The van der Waals surface area contributed by atoms with E-state index in [0.717, 1.165) is 22.2 Å². The summed E-state index contributed by atoms with van der Waals surface area (Å²) in [5.74, 6) is 0.162. The van der Waals surface area contributed by atoms with Gasteiger partial charge in [-0.25, -0.2) is 18.1 Å². The van der Waals surface area contributed by atoms with Crippen molar-refractivity contribution >= 4 is 26.8 Å². The van der Waals surface area contributed by atoms with Gasteiger partial charge < -0.3 is 14.6 Å². The summed E-state index contributed by atoms with van der Waals surface area (Å²) in [5, 5.41) is 12.3. The van der Waals surface area contributed by atoms with Crippen LogP contribution in [0.5, 0.6) is 11.5 Å². The Labute approximate surface area is 243 Å². The molecule has 2 N–H and O–H groups in total. The van der Waals surface area contributed by atoms with Crippen LogP contribution in [0.25, 0.3) is 10.9 Å². The average molecular weight is 581 g/mol. The summed E-state index contributed by atoms with van der Waals surface area (Å²) in [4.78, 5) is 17.4. The predicted octanol–water partition coefficient (Wildman–Crippen LogP) is 5.22. The molecule has 1 amide bonds. The Kier molecular flexibility index (Phi) is 7.60. The van der Waals surface area contributed by atoms with E-state index in [2.05, 4.69) is 9.71 Å². The van der Waals surface area contributed by atoms with E-state index in [9.17, 15) is 18.3 Å². The summed E-state index contributed by atoms with van der Waals surface area (Å²) < 4.78 is 39.3. The molecule has 1 aromatic heterocycles. The molecule has 2 heterocycles. The highest BCUT2D eigenvalue weighted by Gasteiger charge is 2.30. The number of fused-ring (bicyclic) bond motifs is 2. The average Bonchev–Trinajstić information content (AvgIpc) is 3.02. The molecule has 0 spiro atoms. The van der Waals surface area contributed by atoms with Crippen LogP contribution >= 0.6 is 0 Å². The number of ether oxygens (including phenoxy) is 2. The largest absolute Gasteiger partial charge is 0.493 e. The minimum Gasteiger partial charge on any atom is -0.493 e. The zero-order valence-corrected chi connectivity index (χ0v) is 23.3. The van der Waals surface area contributed by atoms with Crippen molar-refractivity contribution in [2.45, 2.75) is 24.0 Å². The lowest BCUT2D eigenvalue weighted by molar-refractivity contribution is 0.0504. The number of rotatable bonds is 8. The standard InChI is InChI=1S/C33H28N2O6S/c36-32-25(18-22-7-6-9-24(17-22)33(37)35-42(38,39)28-10-2-1-3-11-28)20-41-31-16-15-27(19-29(31)32)40-21-26-14-13-23-8-4-5-12-30(23)34-26/h1-17,19,25,32,36H,18,20-21H2,(H,35,37). The molecule has 1 aliphatic rings. The number of carbonyl (C=O) groups is 1. The fourth-order valence-electron chi connectivity index (χ4n) is 5.02. The molecule has 4 aromatic carbocycles. The van der Waals surface area contributed by atoms with Crippen molar-refractivity contribution in [2.75, 3.05) is 6.61 Å². The quantitative estimate of drug-likeness (QED) is 0.259. The van der Waals surface area contributed by atoms with Crippen molar-refractivity contribution in [3.63, 3.8) is 0 Å². The summed E-state index contributed by atoms with van der Waals surface area (Å²) >= 11 is 0. The van der Waals surface area contributed by atoms with Crippen molar-refractivity contribution < 1.29 is 27.8 Å². The van der Waals surface area contributed by atoms with Crippen molar-refractivity contribution in [2.24, 2.45) is 5.92 Å². The van der Waals surface area contributed by atoms with E-state index in [1.807, 2.05) is 42.5 Å². The van der Waals surface area contributed by atoms with Crippen molar-refractivity contribution in [1.29, 1.82) is 0 Å². The van der Waals surface area contributed by atoms with Gasteiger partial charge in [0.1, 0.15) is 18.1 Å². The normalized spacial score (nSPS) is 16.3. The lowest BCUT2D eigenvalue weighted by atomic mass is 9.87. The van der Waals surface area contributed by atoms with Crippen LogP contribution in [0.4, 0.5) is 0 Å². The lowest BCUT2D eigenvalue weighted by Gasteiger charge is -2.30. The van der Waals surface area contributed by atoms with Crippen LogP contribution < -0.4 is 14.2 Å². The summed E-state index contributed by atoms with van der Waals surface area (Å²) in [6, 6.07) is 31.6.